The number of nitrogens with zero attached hydrogens (tertiary/aromatic N) is 3. The van der Waals surface area contributed by atoms with Crippen molar-refractivity contribution in [1.29, 1.82) is 0 Å². The first-order valence-electron chi connectivity index (χ1n) is 13.6. The monoisotopic (exact) mass is 516 g/mol. The molecule has 3 N–H and O–H groups in total. The molecular weight excluding hydrogens is 472 g/mol. The molecule has 9 heteroatoms. The van der Waals surface area contributed by atoms with E-state index in [0.717, 1.165) is 43.4 Å². The molecule has 3 rings (SSSR count). The number of hydrogen-bond donors (Lipinski definition) is 2. The molecule has 9 nitrogen and oxygen atoms in total. The van der Waals surface area contributed by atoms with E-state index < -0.39 is 6.23 Å². The number of unbranched alkanes of at least 4 members (excludes halogenated alkanes) is 1. The second-order valence-electron chi connectivity index (χ2n) is 11.3. The zero-order valence-corrected chi connectivity index (χ0v) is 22.9. The number of amides is 1. The molecule has 0 aromatic heterocycles. The van der Waals surface area contributed by atoms with Crippen LogP contribution in [0.5, 0.6) is 5.75 Å². The van der Waals surface area contributed by atoms with Crippen LogP contribution in [0.25, 0.3) is 0 Å². The first-order chi connectivity index (χ1) is 17.6. The van der Waals surface area contributed by atoms with Gasteiger partial charge >= 0.3 is 5.97 Å². The van der Waals surface area contributed by atoms with Crippen LogP contribution in [0.3, 0.4) is 0 Å². The van der Waals surface area contributed by atoms with Crippen LogP contribution in [0.1, 0.15) is 84.6 Å². The molecule has 0 radical (unpaired) electrons. The summed E-state index contributed by atoms with van der Waals surface area (Å²) in [6.45, 7) is 9.24. The summed E-state index contributed by atoms with van der Waals surface area (Å²) < 4.78 is 11.3. The molecule has 1 aromatic carbocycles. The van der Waals surface area contributed by atoms with Gasteiger partial charge in [0.05, 0.1) is 18.9 Å². The minimum absolute atomic E-state index is 0.0339. The van der Waals surface area contributed by atoms with E-state index >= 15 is 0 Å². The molecule has 1 saturated carbocycles. The van der Waals surface area contributed by atoms with Crippen molar-refractivity contribution in [3.05, 3.63) is 23.8 Å². The van der Waals surface area contributed by atoms with Gasteiger partial charge in [-0.2, -0.15) is 0 Å². The van der Waals surface area contributed by atoms with Gasteiger partial charge in [0.1, 0.15) is 18.5 Å². The van der Waals surface area contributed by atoms with Gasteiger partial charge in [-0.05, 0) is 55.7 Å². The largest absolute Gasteiger partial charge is 0.494 e. The predicted molar refractivity (Wildman–Crippen MR) is 143 cm³/mol. The fourth-order valence-electron chi connectivity index (χ4n) is 4.69. The van der Waals surface area contributed by atoms with Gasteiger partial charge in [0.25, 0.3) is 0 Å². The highest BCUT2D eigenvalue weighted by Crippen LogP contribution is 2.30. The number of aliphatic hydroxyl groups excluding tert-OH is 1. The molecule has 1 atom stereocenters. The number of hydrogen-bond acceptors (Lipinski definition) is 8. The lowest BCUT2D eigenvalue weighted by molar-refractivity contribution is -0.147. The number of benzene rings is 1. The van der Waals surface area contributed by atoms with Gasteiger partial charge in [-0.25, -0.2) is 4.99 Å². The number of fused-ring (bicyclic) bond motifs is 1. The maximum Gasteiger partial charge on any atom is 0.325 e. The lowest BCUT2D eigenvalue weighted by atomic mass is 9.99. The summed E-state index contributed by atoms with van der Waals surface area (Å²) in [7, 11) is 0. The summed E-state index contributed by atoms with van der Waals surface area (Å²) in [5, 5.41) is 10.4. The molecule has 37 heavy (non-hydrogen) atoms. The van der Waals surface area contributed by atoms with Crippen molar-refractivity contribution in [3.63, 3.8) is 0 Å². The summed E-state index contributed by atoms with van der Waals surface area (Å²) in [5.41, 5.74) is 7.66. The smallest absolute Gasteiger partial charge is 0.325 e. The standard InChI is InChI=1S/C28H44N4O5/c1-5-24(33)32(21-10-6-7-11-21)25(34)12-8-9-15-36-22-13-14-23-20(16-22)17-31(27(29)30-23)18-26(35)37-19-28(2,3)4/h13-14,16,21,24,33H,5-12,15,17-19H2,1-4H3,(H2,29,30). The molecule has 0 bridgehead atoms. The van der Waals surface area contributed by atoms with Gasteiger partial charge in [-0.3, -0.25) is 9.59 Å². The Labute approximate surface area is 221 Å². The van der Waals surface area contributed by atoms with Gasteiger partial charge in [0.15, 0.2) is 5.96 Å². The fraction of sp³-hybridized carbons (Fsp3) is 0.679. The van der Waals surface area contributed by atoms with E-state index in [-0.39, 0.29) is 29.9 Å². The number of ether oxygens (including phenoxy) is 2. The molecular formula is C28H44N4O5. The van der Waals surface area contributed by atoms with Crippen LogP contribution in [0.15, 0.2) is 23.2 Å². The molecule has 1 unspecified atom stereocenters. The van der Waals surface area contributed by atoms with Crippen LogP contribution in [-0.4, -0.2) is 64.8 Å². The number of aliphatic imine (C=N–C) groups is 1. The Balaban J connectivity index is 1.45. The first kappa shape index (κ1) is 28.8. The fourth-order valence-corrected chi connectivity index (χ4v) is 4.69. The molecule has 1 amide bonds. The summed E-state index contributed by atoms with van der Waals surface area (Å²) in [5.74, 6) is 0.700. The van der Waals surface area contributed by atoms with Crippen LogP contribution in [0, 0.1) is 5.41 Å². The van der Waals surface area contributed by atoms with E-state index in [2.05, 4.69) is 4.99 Å². The highest BCUT2D eigenvalue weighted by atomic mass is 16.5. The van der Waals surface area contributed by atoms with E-state index in [0.29, 0.717) is 50.7 Å². The third kappa shape index (κ3) is 8.62. The number of nitrogens with two attached hydrogens (primary N) is 1. The van der Waals surface area contributed by atoms with Gasteiger partial charge in [-0.1, -0.05) is 40.5 Å². The average molecular weight is 517 g/mol. The van der Waals surface area contributed by atoms with Gasteiger partial charge in [-0.15, -0.1) is 0 Å². The van der Waals surface area contributed by atoms with Crippen LogP contribution in [0.2, 0.25) is 0 Å². The van der Waals surface area contributed by atoms with Crippen LogP contribution in [-0.2, 0) is 20.9 Å². The van der Waals surface area contributed by atoms with Crippen molar-refractivity contribution >= 4 is 23.5 Å². The molecule has 1 aliphatic heterocycles. The van der Waals surface area contributed by atoms with Crippen LogP contribution >= 0.6 is 0 Å². The number of esters is 1. The van der Waals surface area contributed by atoms with E-state index in [1.165, 1.54) is 0 Å². The molecule has 0 spiro atoms. The van der Waals surface area contributed by atoms with E-state index in [4.69, 9.17) is 15.2 Å². The van der Waals surface area contributed by atoms with Crippen LogP contribution in [0.4, 0.5) is 5.69 Å². The first-order valence-corrected chi connectivity index (χ1v) is 13.6. The van der Waals surface area contributed by atoms with E-state index in [1.54, 1.807) is 9.80 Å². The summed E-state index contributed by atoms with van der Waals surface area (Å²) in [6.07, 6.45) is 5.91. The average Bonchev–Trinajstić information content (AvgIpc) is 3.37. The van der Waals surface area contributed by atoms with Crippen molar-refractivity contribution < 1.29 is 24.2 Å². The maximum atomic E-state index is 12.8. The Morgan fingerprint density at radius 1 is 1.24 bits per heavy atom. The summed E-state index contributed by atoms with van der Waals surface area (Å²) >= 11 is 0. The highest BCUT2D eigenvalue weighted by Gasteiger charge is 2.30. The van der Waals surface area contributed by atoms with Crippen LogP contribution < -0.4 is 10.5 Å². The molecule has 206 valence electrons. The van der Waals surface area contributed by atoms with E-state index in [1.807, 2.05) is 45.9 Å². The third-order valence-electron chi connectivity index (χ3n) is 6.70. The number of aliphatic hydroxyl groups is 1. The summed E-state index contributed by atoms with van der Waals surface area (Å²) in [6, 6.07) is 5.81. The van der Waals surface area contributed by atoms with Crippen molar-refractivity contribution in [1.82, 2.24) is 9.80 Å². The Kier molecular flexibility index (Phi) is 10.2. The Morgan fingerprint density at radius 2 is 1.97 bits per heavy atom. The van der Waals surface area contributed by atoms with Gasteiger partial charge in [0, 0.05) is 24.6 Å². The quantitative estimate of drug-likeness (QED) is 0.244. The molecule has 0 saturated heterocycles. The van der Waals surface area contributed by atoms with E-state index in [9.17, 15) is 14.7 Å². The second kappa shape index (κ2) is 13.1. The molecule has 1 aliphatic carbocycles. The third-order valence-corrected chi connectivity index (χ3v) is 6.70. The number of rotatable bonds is 12. The zero-order valence-electron chi connectivity index (χ0n) is 22.9. The van der Waals surface area contributed by atoms with Crippen molar-refractivity contribution in [2.75, 3.05) is 19.8 Å². The van der Waals surface area contributed by atoms with Crippen molar-refractivity contribution in [3.8, 4) is 5.75 Å². The molecule has 1 heterocycles. The highest BCUT2D eigenvalue weighted by molar-refractivity contribution is 5.87. The van der Waals surface area contributed by atoms with Gasteiger partial charge in [0.2, 0.25) is 5.91 Å². The number of guanidine groups is 1. The second-order valence-corrected chi connectivity index (χ2v) is 11.3. The minimum Gasteiger partial charge on any atom is -0.494 e. The number of carbonyl (C=O) groups is 2. The Morgan fingerprint density at radius 3 is 2.65 bits per heavy atom. The summed E-state index contributed by atoms with van der Waals surface area (Å²) in [4.78, 5) is 32.9. The van der Waals surface area contributed by atoms with Crippen molar-refractivity contribution in [2.45, 2.75) is 97.9 Å². The Hall–Kier alpha value is -2.81. The Bertz CT molecular complexity index is 952. The predicted octanol–water partition coefficient (Wildman–Crippen LogP) is 4.09. The van der Waals surface area contributed by atoms with Gasteiger partial charge < -0.3 is 30.1 Å². The lowest BCUT2D eigenvalue weighted by Gasteiger charge is -2.33. The topological polar surface area (TPSA) is 118 Å². The maximum absolute atomic E-state index is 12.8. The minimum atomic E-state index is -0.695. The molecule has 2 aliphatic rings. The van der Waals surface area contributed by atoms with Crippen molar-refractivity contribution in [2.24, 2.45) is 16.1 Å². The zero-order chi connectivity index (χ0) is 27.0. The number of carbonyl (C=O) groups excluding carboxylic acids is 2. The lowest BCUT2D eigenvalue weighted by Crippen LogP contribution is -2.46. The molecule has 1 aromatic rings. The normalized spacial score (nSPS) is 16.7. The SMILES string of the molecule is CCC(O)N(C(=O)CCCCOc1ccc2c(c1)CN(CC(=O)OCC(C)(C)C)C(N)=N2)C1CCCC1. The molecule has 1 fully saturated rings.